The van der Waals surface area contributed by atoms with Gasteiger partial charge in [0.1, 0.15) is 0 Å². The maximum absolute atomic E-state index is 3.67. The lowest BCUT2D eigenvalue weighted by molar-refractivity contribution is 0.507. The lowest BCUT2D eigenvalue weighted by Crippen LogP contribution is -2.33. The Hall–Kier alpha value is -0.160. The van der Waals surface area contributed by atoms with E-state index in [4.69, 9.17) is 0 Å². The number of rotatable bonds is 7. The van der Waals surface area contributed by atoms with Crippen LogP contribution in [0.4, 0.5) is 0 Å². The minimum atomic E-state index is 0.492. The largest absolute Gasteiger partial charge is 0.313 e. The summed E-state index contributed by atoms with van der Waals surface area (Å²) in [6, 6.07) is 11.3. The molecule has 0 fully saturated rings. The summed E-state index contributed by atoms with van der Waals surface area (Å²) < 4.78 is 2.38. The molecule has 1 nitrogen and oxygen atoms in total. The van der Waals surface area contributed by atoms with Crippen LogP contribution in [0.5, 0.6) is 0 Å². The standard InChI is InChI=1S/C16H19Br2NS/c1-2-8-19-14(11-16-15(18)7-9-20-16)10-12-3-5-13(17)6-4-12/h3-7,9,14,19H,2,8,10-11H2,1H3. The molecule has 1 atom stereocenters. The van der Waals surface area contributed by atoms with Gasteiger partial charge in [0.25, 0.3) is 0 Å². The van der Waals surface area contributed by atoms with E-state index in [9.17, 15) is 0 Å². The summed E-state index contributed by atoms with van der Waals surface area (Å²) in [4.78, 5) is 1.43. The van der Waals surface area contributed by atoms with Crippen LogP contribution in [0.25, 0.3) is 0 Å². The molecule has 0 amide bonds. The van der Waals surface area contributed by atoms with E-state index in [0.717, 1.165) is 23.9 Å². The van der Waals surface area contributed by atoms with Crippen molar-refractivity contribution in [1.82, 2.24) is 5.32 Å². The summed E-state index contributed by atoms with van der Waals surface area (Å²) in [5.74, 6) is 0. The molecule has 0 radical (unpaired) electrons. The fourth-order valence-electron chi connectivity index (χ4n) is 2.16. The van der Waals surface area contributed by atoms with Gasteiger partial charge in [0.2, 0.25) is 0 Å². The van der Waals surface area contributed by atoms with Gasteiger partial charge in [-0.15, -0.1) is 11.3 Å². The van der Waals surface area contributed by atoms with E-state index in [1.165, 1.54) is 21.3 Å². The zero-order chi connectivity index (χ0) is 14.4. The van der Waals surface area contributed by atoms with Crippen LogP contribution in [0.2, 0.25) is 0 Å². The third kappa shape index (κ3) is 4.99. The Balaban J connectivity index is 2.03. The highest BCUT2D eigenvalue weighted by Crippen LogP contribution is 2.25. The maximum Gasteiger partial charge on any atom is 0.0314 e. The monoisotopic (exact) mass is 415 g/mol. The minimum absolute atomic E-state index is 0.492. The van der Waals surface area contributed by atoms with Crippen molar-refractivity contribution in [3.63, 3.8) is 0 Å². The molecule has 1 heterocycles. The second-order valence-electron chi connectivity index (χ2n) is 4.88. The van der Waals surface area contributed by atoms with Crippen LogP contribution in [0, 0.1) is 0 Å². The predicted octanol–water partition coefficient (Wildman–Crippen LogP) is 5.43. The molecule has 2 rings (SSSR count). The van der Waals surface area contributed by atoms with E-state index in [0.29, 0.717) is 6.04 Å². The molecule has 108 valence electrons. The molecule has 1 aromatic heterocycles. The molecule has 1 unspecified atom stereocenters. The van der Waals surface area contributed by atoms with Crippen molar-refractivity contribution in [3.05, 3.63) is 55.1 Å². The molecule has 1 aromatic carbocycles. The van der Waals surface area contributed by atoms with Gasteiger partial charge < -0.3 is 5.32 Å². The molecule has 0 saturated heterocycles. The molecular weight excluding hydrogens is 398 g/mol. The van der Waals surface area contributed by atoms with Crippen LogP contribution >= 0.6 is 43.2 Å². The van der Waals surface area contributed by atoms with Gasteiger partial charge in [0.15, 0.2) is 0 Å². The van der Waals surface area contributed by atoms with Crippen LogP contribution in [-0.2, 0) is 12.8 Å². The highest BCUT2D eigenvalue weighted by atomic mass is 79.9. The maximum atomic E-state index is 3.67. The average molecular weight is 417 g/mol. The fourth-order valence-corrected chi connectivity index (χ4v) is 4.02. The van der Waals surface area contributed by atoms with Gasteiger partial charge in [-0.2, -0.15) is 0 Å². The lowest BCUT2D eigenvalue weighted by atomic mass is 10.0. The zero-order valence-corrected chi connectivity index (χ0v) is 15.5. The molecule has 20 heavy (non-hydrogen) atoms. The van der Waals surface area contributed by atoms with Crippen LogP contribution in [-0.4, -0.2) is 12.6 Å². The predicted molar refractivity (Wildman–Crippen MR) is 95.7 cm³/mol. The summed E-state index contributed by atoms with van der Waals surface area (Å²) in [6.07, 6.45) is 3.31. The molecule has 1 N–H and O–H groups in total. The highest BCUT2D eigenvalue weighted by Gasteiger charge is 2.12. The second-order valence-corrected chi connectivity index (χ2v) is 7.65. The third-order valence-corrected chi connectivity index (χ3v) is 5.68. The van der Waals surface area contributed by atoms with Crippen molar-refractivity contribution < 1.29 is 0 Å². The lowest BCUT2D eigenvalue weighted by Gasteiger charge is -2.18. The van der Waals surface area contributed by atoms with E-state index < -0.39 is 0 Å². The summed E-state index contributed by atoms with van der Waals surface area (Å²) in [6.45, 7) is 3.29. The van der Waals surface area contributed by atoms with Gasteiger partial charge in [-0.05, 0) is 70.9 Å². The third-order valence-electron chi connectivity index (χ3n) is 3.20. The molecule has 0 saturated carbocycles. The molecule has 2 aromatic rings. The number of hydrogen-bond donors (Lipinski definition) is 1. The fraction of sp³-hybridized carbons (Fsp3) is 0.375. The second kappa shape index (κ2) is 8.32. The Morgan fingerprint density at radius 1 is 1.10 bits per heavy atom. The molecule has 4 heteroatoms. The first-order valence-electron chi connectivity index (χ1n) is 6.88. The zero-order valence-electron chi connectivity index (χ0n) is 11.5. The van der Waals surface area contributed by atoms with Crippen molar-refractivity contribution in [2.45, 2.75) is 32.2 Å². The van der Waals surface area contributed by atoms with Crippen molar-refractivity contribution in [2.24, 2.45) is 0 Å². The van der Waals surface area contributed by atoms with Crippen molar-refractivity contribution in [1.29, 1.82) is 0 Å². The molecule has 0 aliphatic heterocycles. The van der Waals surface area contributed by atoms with Gasteiger partial charge >= 0.3 is 0 Å². The number of hydrogen-bond acceptors (Lipinski definition) is 2. The number of nitrogens with one attached hydrogen (secondary N) is 1. The Bertz CT molecular complexity index is 522. The van der Waals surface area contributed by atoms with E-state index >= 15 is 0 Å². The number of halogens is 2. The van der Waals surface area contributed by atoms with Gasteiger partial charge in [0.05, 0.1) is 0 Å². The highest BCUT2D eigenvalue weighted by molar-refractivity contribution is 9.10. The molecule has 0 aliphatic rings. The quantitative estimate of drug-likeness (QED) is 0.634. The van der Waals surface area contributed by atoms with Crippen LogP contribution in [0.1, 0.15) is 23.8 Å². The normalized spacial score (nSPS) is 12.6. The minimum Gasteiger partial charge on any atom is -0.313 e. The Morgan fingerprint density at radius 2 is 1.85 bits per heavy atom. The molecule has 0 aliphatic carbocycles. The van der Waals surface area contributed by atoms with Gasteiger partial charge in [-0.25, -0.2) is 0 Å². The smallest absolute Gasteiger partial charge is 0.0314 e. The van der Waals surface area contributed by atoms with Crippen molar-refractivity contribution in [2.75, 3.05) is 6.54 Å². The first-order chi connectivity index (χ1) is 9.69. The summed E-state index contributed by atoms with van der Waals surface area (Å²) in [5, 5.41) is 5.82. The van der Waals surface area contributed by atoms with Crippen molar-refractivity contribution >= 4 is 43.2 Å². The van der Waals surface area contributed by atoms with Crippen LogP contribution in [0.3, 0.4) is 0 Å². The Labute approximate surface area is 142 Å². The summed E-state index contributed by atoms with van der Waals surface area (Å²) >= 11 is 8.96. The molecule has 0 bridgehead atoms. The van der Waals surface area contributed by atoms with Gasteiger partial charge in [-0.1, -0.05) is 35.0 Å². The van der Waals surface area contributed by atoms with Crippen LogP contribution < -0.4 is 5.32 Å². The Kier molecular flexibility index (Phi) is 6.75. The Morgan fingerprint density at radius 3 is 2.45 bits per heavy atom. The SMILES string of the molecule is CCCNC(Cc1ccc(Br)cc1)Cc1sccc1Br. The van der Waals surface area contributed by atoms with E-state index in [1.54, 1.807) is 0 Å². The number of thiophene rings is 1. The summed E-state index contributed by atoms with van der Waals surface area (Å²) in [5.41, 5.74) is 1.38. The molecule has 0 spiro atoms. The van der Waals surface area contributed by atoms with Crippen LogP contribution in [0.15, 0.2) is 44.7 Å². The first-order valence-corrected chi connectivity index (χ1v) is 9.35. The van der Waals surface area contributed by atoms with Gasteiger partial charge in [-0.3, -0.25) is 0 Å². The van der Waals surface area contributed by atoms with E-state index in [1.807, 2.05) is 11.3 Å². The first kappa shape index (κ1) is 16.2. The topological polar surface area (TPSA) is 12.0 Å². The van der Waals surface area contributed by atoms with Crippen molar-refractivity contribution in [3.8, 4) is 0 Å². The number of benzene rings is 1. The van der Waals surface area contributed by atoms with E-state index in [2.05, 4.69) is 79.8 Å². The molecular formula is C16H19Br2NS. The van der Waals surface area contributed by atoms with Gasteiger partial charge in [0, 0.05) is 19.9 Å². The average Bonchev–Trinajstić information content (AvgIpc) is 2.84. The summed E-state index contributed by atoms with van der Waals surface area (Å²) in [7, 11) is 0. The van der Waals surface area contributed by atoms with E-state index in [-0.39, 0.29) is 0 Å².